The number of thiazole rings is 1. The van der Waals surface area contributed by atoms with E-state index in [0.29, 0.717) is 0 Å². The van der Waals surface area contributed by atoms with Gasteiger partial charge in [-0.25, -0.2) is 4.98 Å². The topological polar surface area (TPSA) is 25.8 Å². The normalized spacial score (nSPS) is 10.9. The summed E-state index contributed by atoms with van der Waals surface area (Å²) in [6, 6.07) is 12.5. The van der Waals surface area contributed by atoms with Gasteiger partial charge in [-0.2, -0.15) is 0 Å². The van der Waals surface area contributed by atoms with E-state index >= 15 is 0 Å². The molecule has 0 saturated heterocycles. The molecule has 2 aromatic heterocycles. The third-order valence-corrected chi connectivity index (χ3v) is 5.03. The Labute approximate surface area is 143 Å². The first-order valence-electron chi connectivity index (χ1n) is 7.36. The van der Waals surface area contributed by atoms with Gasteiger partial charge in [0.2, 0.25) is 0 Å². The van der Waals surface area contributed by atoms with Crippen molar-refractivity contribution in [1.82, 2.24) is 9.97 Å². The lowest BCUT2D eigenvalue weighted by atomic mass is 10.1. The highest BCUT2D eigenvalue weighted by atomic mass is 79.9. The van der Waals surface area contributed by atoms with Crippen molar-refractivity contribution in [1.29, 1.82) is 0 Å². The summed E-state index contributed by atoms with van der Waals surface area (Å²) in [5, 5.41) is 1.06. The Morgan fingerprint density at radius 1 is 1.09 bits per heavy atom. The second-order valence-electron chi connectivity index (χ2n) is 5.22. The molecule has 0 N–H and O–H groups in total. The van der Waals surface area contributed by atoms with Crippen molar-refractivity contribution in [2.24, 2.45) is 0 Å². The van der Waals surface area contributed by atoms with Gasteiger partial charge in [-0.1, -0.05) is 41.4 Å². The number of nitrogens with zero attached hydrogens (tertiary/aromatic N) is 2. The first-order valence-corrected chi connectivity index (χ1v) is 8.97. The Balaban J connectivity index is 1.98. The predicted molar refractivity (Wildman–Crippen MR) is 97.2 cm³/mol. The number of aromatic nitrogens is 2. The molecule has 4 heteroatoms. The van der Waals surface area contributed by atoms with Crippen molar-refractivity contribution < 1.29 is 0 Å². The van der Waals surface area contributed by atoms with Crippen LogP contribution in [0.4, 0.5) is 0 Å². The number of rotatable bonds is 4. The fraction of sp³-hybridized carbons (Fsp3) is 0.222. The highest BCUT2D eigenvalue weighted by molar-refractivity contribution is 9.10. The minimum atomic E-state index is 1.01. The van der Waals surface area contributed by atoms with Gasteiger partial charge in [0.25, 0.3) is 0 Å². The highest BCUT2D eigenvalue weighted by Gasteiger charge is 2.11. The average molecular weight is 373 g/mol. The molecule has 0 unspecified atom stereocenters. The highest BCUT2D eigenvalue weighted by Crippen LogP contribution is 2.33. The maximum absolute atomic E-state index is 4.86. The molecule has 0 fully saturated rings. The van der Waals surface area contributed by atoms with Crippen LogP contribution in [-0.4, -0.2) is 9.97 Å². The van der Waals surface area contributed by atoms with E-state index in [4.69, 9.17) is 4.98 Å². The zero-order chi connectivity index (χ0) is 15.5. The van der Waals surface area contributed by atoms with Crippen molar-refractivity contribution >= 4 is 27.3 Å². The standard InChI is InChI=1S/C18H17BrN2S/c1-3-4-16-11-14(9-10-20-16)18-21-17(12(2)22-18)13-5-7-15(19)8-6-13/h5-11H,3-4H2,1-2H3. The quantitative estimate of drug-likeness (QED) is 0.569. The van der Waals surface area contributed by atoms with Crippen LogP contribution >= 0.6 is 27.3 Å². The molecule has 0 aliphatic heterocycles. The molecule has 112 valence electrons. The lowest BCUT2D eigenvalue weighted by Crippen LogP contribution is -1.89. The Bertz CT molecular complexity index is 778. The summed E-state index contributed by atoms with van der Waals surface area (Å²) < 4.78 is 1.09. The van der Waals surface area contributed by atoms with Crippen molar-refractivity contribution in [2.45, 2.75) is 26.7 Å². The van der Waals surface area contributed by atoms with Crippen LogP contribution in [0.3, 0.4) is 0 Å². The van der Waals surface area contributed by atoms with E-state index < -0.39 is 0 Å². The second-order valence-corrected chi connectivity index (χ2v) is 7.34. The molecule has 22 heavy (non-hydrogen) atoms. The minimum absolute atomic E-state index is 1.01. The number of hydrogen-bond acceptors (Lipinski definition) is 3. The molecule has 0 saturated carbocycles. The lowest BCUT2D eigenvalue weighted by molar-refractivity contribution is 0.883. The zero-order valence-corrected chi connectivity index (χ0v) is 15.0. The summed E-state index contributed by atoms with van der Waals surface area (Å²) in [7, 11) is 0. The maximum atomic E-state index is 4.86. The van der Waals surface area contributed by atoms with E-state index in [2.05, 4.69) is 65.1 Å². The summed E-state index contributed by atoms with van der Waals surface area (Å²) >= 11 is 5.22. The van der Waals surface area contributed by atoms with Gasteiger partial charge < -0.3 is 0 Å². The van der Waals surface area contributed by atoms with Gasteiger partial charge in [-0.15, -0.1) is 11.3 Å². The minimum Gasteiger partial charge on any atom is -0.261 e. The van der Waals surface area contributed by atoms with Crippen molar-refractivity contribution in [2.75, 3.05) is 0 Å². The zero-order valence-electron chi connectivity index (χ0n) is 12.6. The van der Waals surface area contributed by atoms with Gasteiger partial charge in [-0.3, -0.25) is 4.98 Å². The number of hydrogen-bond donors (Lipinski definition) is 0. The molecule has 2 heterocycles. The molecular weight excluding hydrogens is 356 g/mol. The summed E-state index contributed by atoms with van der Waals surface area (Å²) in [5.41, 5.74) is 4.53. The summed E-state index contributed by atoms with van der Waals surface area (Å²) in [4.78, 5) is 10.5. The first-order chi connectivity index (χ1) is 10.7. The number of aryl methyl sites for hydroxylation is 2. The maximum Gasteiger partial charge on any atom is 0.124 e. The largest absolute Gasteiger partial charge is 0.261 e. The van der Waals surface area contributed by atoms with Gasteiger partial charge in [0, 0.05) is 32.4 Å². The molecule has 1 aromatic carbocycles. The third-order valence-electron chi connectivity index (χ3n) is 3.48. The Hall–Kier alpha value is -1.52. The van der Waals surface area contributed by atoms with E-state index in [0.717, 1.165) is 44.8 Å². The molecule has 3 aromatic rings. The van der Waals surface area contributed by atoms with E-state index in [-0.39, 0.29) is 0 Å². The predicted octanol–water partition coefficient (Wildman–Crippen LogP) is 5.90. The van der Waals surface area contributed by atoms with Gasteiger partial charge >= 0.3 is 0 Å². The molecule has 3 rings (SSSR count). The molecule has 0 spiro atoms. The first kappa shape index (κ1) is 15.4. The van der Waals surface area contributed by atoms with E-state index in [1.165, 1.54) is 4.88 Å². The Morgan fingerprint density at radius 2 is 1.86 bits per heavy atom. The summed E-state index contributed by atoms with van der Waals surface area (Å²) in [5.74, 6) is 0. The number of pyridine rings is 1. The molecule has 0 bridgehead atoms. The van der Waals surface area contributed by atoms with E-state index in [1.807, 2.05) is 12.3 Å². The van der Waals surface area contributed by atoms with Crippen LogP contribution in [0.25, 0.3) is 21.8 Å². The molecular formula is C18H17BrN2S. The molecule has 0 aliphatic carbocycles. The average Bonchev–Trinajstić information content (AvgIpc) is 2.91. The fourth-order valence-corrected chi connectivity index (χ4v) is 3.60. The monoisotopic (exact) mass is 372 g/mol. The van der Waals surface area contributed by atoms with Gasteiger partial charge in [0.15, 0.2) is 0 Å². The van der Waals surface area contributed by atoms with Crippen LogP contribution in [0.15, 0.2) is 47.1 Å². The van der Waals surface area contributed by atoms with Crippen LogP contribution < -0.4 is 0 Å². The Kier molecular flexibility index (Phi) is 4.69. The number of benzene rings is 1. The third kappa shape index (κ3) is 3.28. The van der Waals surface area contributed by atoms with Crippen LogP contribution in [0.5, 0.6) is 0 Å². The van der Waals surface area contributed by atoms with Crippen molar-refractivity contribution in [3.05, 3.63) is 57.6 Å². The Morgan fingerprint density at radius 3 is 2.59 bits per heavy atom. The lowest BCUT2D eigenvalue weighted by Gasteiger charge is -2.01. The van der Waals surface area contributed by atoms with Gasteiger partial charge in [0.1, 0.15) is 5.01 Å². The smallest absolute Gasteiger partial charge is 0.124 e. The number of halogens is 1. The molecule has 0 atom stereocenters. The van der Waals surface area contributed by atoms with Crippen LogP contribution in [0.2, 0.25) is 0 Å². The van der Waals surface area contributed by atoms with Gasteiger partial charge in [-0.05, 0) is 37.6 Å². The second kappa shape index (κ2) is 6.71. The SMILES string of the molecule is CCCc1cc(-c2nc(-c3ccc(Br)cc3)c(C)s2)ccn1. The summed E-state index contributed by atoms with van der Waals surface area (Å²) in [6.45, 7) is 4.31. The van der Waals surface area contributed by atoms with E-state index in [9.17, 15) is 0 Å². The van der Waals surface area contributed by atoms with Gasteiger partial charge in [0.05, 0.1) is 5.69 Å². The van der Waals surface area contributed by atoms with Crippen molar-refractivity contribution in [3.63, 3.8) is 0 Å². The van der Waals surface area contributed by atoms with E-state index in [1.54, 1.807) is 11.3 Å². The molecule has 0 aliphatic rings. The van der Waals surface area contributed by atoms with Crippen LogP contribution in [0.1, 0.15) is 23.9 Å². The fourth-order valence-electron chi connectivity index (χ4n) is 2.40. The van der Waals surface area contributed by atoms with Crippen molar-refractivity contribution in [3.8, 4) is 21.8 Å². The molecule has 0 amide bonds. The van der Waals surface area contributed by atoms with Crippen LogP contribution in [0, 0.1) is 6.92 Å². The summed E-state index contributed by atoms with van der Waals surface area (Å²) in [6.07, 6.45) is 4.01. The van der Waals surface area contributed by atoms with Crippen LogP contribution in [-0.2, 0) is 6.42 Å². The molecule has 2 nitrogen and oxygen atoms in total. The molecule has 0 radical (unpaired) electrons.